The van der Waals surface area contributed by atoms with E-state index in [-0.39, 0.29) is 158 Å². The summed E-state index contributed by atoms with van der Waals surface area (Å²) < 4.78 is 61.2. The van der Waals surface area contributed by atoms with Crippen molar-refractivity contribution >= 4 is 86.3 Å². The number of hydrogen-bond donors (Lipinski definition) is 0. The number of esters is 2. The van der Waals surface area contributed by atoms with Gasteiger partial charge in [-0.25, -0.2) is 0 Å². The first-order chi connectivity index (χ1) is 69.4. The van der Waals surface area contributed by atoms with Crippen LogP contribution in [0.15, 0.2) is 79.6 Å². The molecule has 2 aromatic carbocycles. The molecule has 149 heavy (non-hydrogen) atoms. The second-order valence-corrected chi connectivity index (χ2v) is 39.0. The van der Waals surface area contributed by atoms with E-state index in [0.29, 0.717) is 179 Å². The number of ketones is 11. The van der Waals surface area contributed by atoms with Crippen molar-refractivity contribution in [3.8, 4) is 0 Å². The van der Waals surface area contributed by atoms with Gasteiger partial charge in [0.05, 0.1) is 125 Å². The van der Waals surface area contributed by atoms with Crippen LogP contribution in [0.3, 0.4) is 0 Å². The molecule has 4 bridgehead atoms. The van der Waals surface area contributed by atoms with Gasteiger partial charge in [0.1, 0.15) is 71.0 Å². The number of carbonyl (C=O) groups is 13. The molecule has 0 atom stereocenters. The molecule has 1 aromatic heterocycles. The maximum Gasteiger partial charge on any atom is 0.302 e. The first kappa shape index (κ1) is 164. The van der Waals surface area contributed by atoms with Crippen LogP contribution in [0.4, 0.5) is 0 Å². The van der Waals surface area contributed by atoms with Gasteiger partial charge in [-0.2, -0.15) is 0 Å². The van der Waals surface area contributed by atoms with Gasteiger partial charge in [-0.1, -0.05) is 233 Å². The van der Waals surface area contributed by atoms with E-state index in [1.165, 1.54) is 212 Å². The maximum absolute atomic E-state index is 11.7. The minimum absolute atomic E-state index is 0. The molecule has 0 unspecified atom stereocenters. The minimum atomic E-state index is -0.304. The Kier molecular flexibility index (Phi) is 134. The summed E-state index contributed by atoms with van der Waals surface area (Å²) in [5.74, 6) is 5.10. The summed E-state index contributed by atoms with van der Waals surface area (Å²) >= 11 is 0. The smallest absolute Gasteiger partial charge is 0.302 e. The van der Waals surface area contributed by atoms with Gasteiger partial charge in [0, 0.05) is 181 Å². The van der Waals surface area contributed by atoms with E-state index in [1.54, 1.807) is 94.1 Å². The zero-order valence-corrected chi connectivity index (χ0v) is 106. The number of aromatic nitrogens is 1. The molecule has 4 aliphatic rings. The molecule has 0 N–H and O–H groups in total. The number of methoxy groups -OCH3 is 2. The van der Waals surface area contributed by atoms with Crippen molar-refractivity contribution in [2.75, 3.05) is 167 Å². The van der Waals surface area contributed by atoms with Gasteiger partial charge in [-0.3, -0.25) is 38.5 Å². The van der Waals surface area contributed by atoms with Crippen LogP contribution >= 0.6 is 0 Å². The van der Waals surface area contributed by atoms with Crippen LogP contribution in [0.2, 0.25) is 0 Å². The van der Waals surface area contributed by atoms with Gasteiger partial charge in [0.25, 0.3) is 0 Å². The third-order valence-corrected chi connectivity index (χ3v) is 22.5. The summed E-state index contributed by atoms with van der Waals surface area (Å²) in [7, 11) is 7.02. The van der Waals surface area contributed by atoms with Crippen molar-refractivity contribution in [3.63, 3.8) is 0 Å². The molecule has 2 radical (unpaired) electrons. The molecule has 7 rings (SSSR count). The van der Waals surface area contributed by atoms with Gasteiger partial charge >= 0.3 is 11.9 Å². The average molecular weight is 2450 g/mol. The largest absolute Gasteiger partial charge is 1.00 e. The first-order valence-electron chi connectivity index (χ1n) is 54.4. The Hall–Kier alpha value is -4.73. The van der Waals surface area contributed by atoms with Crippen LogP contribution in [-0.2, 0) is 121 Å². The molecule has 0 saturated heterocycles. The molecule has 27 nitrogen and oxygen atoms in total. The summed E-state index contributed by atoms with van der Waals surface area (Å²) in [5.41, 5.74) is 1.86. The number of pyridine rings is 1. The van der Waals surface area contributed by atoms with Crippen molar-refractivity contribution in [1.29, 1.82) is 0 Å². The number of likely N-dealkylation sites (N-methyl/N-ethyl adjacent to an activating group) is 1. The monoisotopic (exact) mass is 2450 g/mol. The Morgan fingerprint density at radius 1 is 0.389 bits per heavy atom. The number of Topliss-reactive ketones (excluding diaryl/α,β-unsaturated/α-hetero) is 11. The van der Waals surface area contributed by atoms with E-state index >= 15 is 0 Å². The average Bonchev–Trinajstić information content (AvgIpc) is 0.743. The van der Waals surface area contributed by atoms with Crippen LogP contribution in [0, 0.1) is 114 Å². The van der Waals surface area contributed by atoms with E-state index in [4.69, 9.17) is 52.1 Å². The molecule has 3 aromatic rings. The van der Waals surface area contributed by atoms with E-state index in [2.05, 4.69) is 55.3 Å². The third-order valence-electron chi connectivity index (χ3n) is 22.5. The van der Waals surface area contributed by atoms with Gasteiger partial charge in [0.15, 0.2) is 5.78 Å². The number of carbonyl (C=O) groups excluding carboxylic acids is 13. The number of benzene rings is 2. The number of rotatable bonds is 68. The van der Waals surface area contributed by atoms with Crippen molar-refractivity contribution in [2.45, 2.75) is 397 Å². The fourth-order valence-electron chi connectivity index (χ4n) is 14.6. The van der Waals surface area contributed by atoms with Crippen LogP contribution in [0.5, 0.6) is 0 Å². The number of allylic oxidation sites excluding steroid dienone is 1. The predicted octanol–water partition coefficient (Wildman–Crippen LogP) is 25.9. The standard InChI is InChI=1S/C17H34O9.C17H34O.C13H12O.C12H18O.C11H22O.C9H18O5.C8H14O.C7H7NO.C7H14O.C6H12O.C5H11NO.C4H8O.C3H6O.CH4.Ac.Pr.H/c1-17(18)26-16-15-25-14-13-24-12-11-23-10-9-22-8-7-21-6-5-20-4-3-19-2;1-3-4-5-6-7-8-9-10-11-12-13-14-15-16-17(2)18;1-10(14)9-12-7-4-6-11-5-2-3-8-13(11)12;1-8(13)12-5-9-2-10(6-12)4-11(3-9)7-12;1-3-4-5-6-7-8-9-10-11(2)12;1-9(10)14-8-7-13-6-5-12-4-3-11-2;1-3-4-5-6-7-8(2)9;1-6(9)7-2-4-8-5-3-7;1-3-4-5-6-7(2)8;1-5(7)6(2,3)4;1-5(7)4-6(2)3;1-3-4(2)5;1-3(2)4;;;;/h3-16H2,1-2H3;3-16H2,1-2H3;2-8H,9H2,1H3;9-11H,2-7H2,1H3;3-10H2,1-2H3;3-8H2,1-2H3;3H,1,4-7H2,2H3;2-5H,1H3;3-6H2,1-2H3;1-4H3;4H2,1-3H3;3H2,1-2H3;1-2H3;1H4;;;/q;;;;;;;;;;;;;;;;-1. The van der Waals surface area contributed by atoms with E-state index < -0.39 is 0 Å². The van der Waals surface area contributed by atoms with Crippen LogP contribution in [0.25, 0.3) is 10.8 Å². The molecule has 1 heterocycles. The molecule has 0 spiro atoms. The molecule has 29 heteroatoms. The molecule has 862 valence electrons. The van der Waals surface area contributed by atoms with E-state index in [0.717, 1.165) is 87.5 Å². The Balaban J connectivity index is -0.000000159. The van der Waals surface area contributed by atoms with Gasteiger partial charge in [-0.15, -0.1) is 6.58 Å². The second-order valence-electron chi connectivity index (χ2n) is 39.0. The number of fused-ring (bicyclic) bond motifs is 1. The minimum Gasteiger partial charge on any atom is -1.00 e. The first-order valence-corrected chi connectivity index (χ1v) is 54.4. The number of nitrogens with zero attached hydrogens (tertiary/aromatic N) is 2. The van der Waals surface area contributed by atoms with E-state index in [9.17, 15) is 62.3 Å². The summed E-state index contributed by atoms with van der Waals surface area (Å²) in [5, 5.41) is 2.39. The summed E-state index contributed by atoms with van der Waals surface area (Å²) in [6.45, 7) is 50.5. The third kappa shape index (κ3) is 134. The fraction of sp³-hybridized carbons (Fsp3) is 0.750. The normalized spacial score (nSPS) is 13.6. The summed E-state index contributed by atoms with van der Waals surface area (Å²) in [6, 6.07) is 17.6. The molecule has 4 fully saturated rings. The molecular weight excluding hydrogens is 2240 g/mol. The number of hydrogen-bond acceptors (Lipinski definition) is 27. The zero-order valence-electron chi connectivity index (χ0n) is 98.8. The van der Waals surface area contributed by atoms with Gasteiger partial charge < -0.3 is 91.9 Å². The van der Waals surface area contributed by atoms with Crippen molar-refractivity contribution in [2.24, 2.45) is 28.6 Å². The molecule has 0 amide bonds. The summed E-state index contributed by atoms with van der Waals surface area (Å²) in [6.07, 6.45) is 50.9. The number of unbranched alkanes of at least 4 members (excludes halogenated alkanes) is 22. The molecular formula is C120H215AcN2O25Pr-. The predicted molar refractivity (Wildman–Crippen MR) is 600 cm³/mol. The van der Waals surface area contributed by atoms with Crippen LogP contribution < -0.4 is 0 Å². The van der Waals surface area contributed by atoms with E-state index in [1.807, 2.05) is 84.0 Å². The quantitative estimate of drug-likeness (QED) is 0.0219. The molecule has 4 aliphatic carbocycles. The zero-order chi connectivity index (χ0) is 112. The number of ether oxygens (including phenoxy) is 12. The van der Waals surface area contributed by atoms with Gasteiger partial charge in [0.2, 0.25) is 0 Å². The second kappa shape index (κ2) is 122. The molecule has 4 saturated carbocycles. The Morgan fingerprint density at radius 2 is 0.664 bits per heavy atom. The fourth-order valence-corrected chi connectivity index (χ4v) is 14.6. The Morgan fingerprint density at radius 3 is 0.906 bits per heavy atom. The van der Waals surface area contributed by atoms with Gasteiger partial charge in [-0.05, 0) is 220 Å². The van der Waals surface area contributed by atoms with Crippen molar-refractivity contribution in [3.05, 3.63) is 90.8 Å². The molecule has 0 aliphatic heterocycles. The van der Waals surface area contributed by atoms with Crippen molar-refractivity contribution in [1.82, 2.24) is 9.88 Å². The van der Waals surface area contributed by atoms with Crippen LogP contribution in [0.1, 0.15) is 408 Å². The summed E-state index contributed by atoms with van der Waals surface area (Å²) in [4.78, 5) is 142. The Labute approximate surface area is 976 Å². The van der Waals surface area contributed by atoms with Crippen molar-refractivity contribution < 1.29 is 206 Å². The Bertz CT molecular complexity index is 3630. The SMILES string of the molecule is C.C=CCCCCC(C)=O.CC(=O)C(C)(C)C.CC(=O)C12CC3CC(CC(C3)C1)C2.CC(=O)CN(C)C.CC(=O)Cc1cccc2ccccc12.CC(=O)c1ccncc1.CC(C)=O.CCC(C)=O.CCCCCC(C)=O.CCCCCCCCCC(C)=O.CCCCCCCCCCCCCCCC(C)=O.COCCOCCOCCOC(C)=O.COCCOCCOCCOCCOCCOCCOCCOC(C)=O.[Ac].[H-].[Pr]. The topological polar surface area (TPSA) is 349 Å². The maximum atomic E-state index is 11.7. The van der Waals surface area contributed by atoms with Crippen LogP contribution in [-0.4, -0.2) is 252 Å².